The maximum absolute atomic E-state index is 14.7. The van der Waals surface area contributed by atoms with Gasteiger partial charge in [-0.05, 0) is 103 Å². The van der Waals surface area contributed by atoms with Gasteiger partial charge in [0, 0.05) is 44.6 Å². The van der Waals surface area contributed by atoms with Gasteiger partial charge < -0.3 is 55.3 Å². The monoisotopic (exact) mass is 1040 g/mol. The summed E-state index contributed by atoms with van der Waals surface area (Å²) in [6.45, 7) is 12.6. The molecule has 420 valence electrons. The Bertz CT molecular complexity index is 1740. The molecule has 0 radical (unpaired) electrons. The molecule has 0 aliphatic heterocycles. The molecule has 0 aliphatic rings. The third kappa shape index (κ3) is 28.4. The molecule has 0 spiro atoms. The zero-order valence-corrected chi connectivity index (χ0v) is 44.8. The maximum atomic E-state index is 14.7. The minimum atomic E-state index is -1.57. The van der Waals surface area contributed by atoms with Gasteiger partial charge in [0.2, 0.25) is 23.6 Å². The van der Waals surface area contributed by atoms with Crippen LogP contribution in [0, 0.1) is 23.2 Å². The third-order valence-corrected chi connectivity index (χ3v) is 11.7. The second kappa shape index (κ2) is 38.7. The zero-order chi connectivity index (χ0) is 55.6. The fourth-order valence-corrected chi connectivity index (χ4v) is 7.41. The lowest BCUT2D eigenvalue weighted by atomic mass is 10.0. The Morgan fingerprint density at radius 2 is 0.863 bits per heavy atom. The molecular formula is C48H94N16O9. The van der Waals surface area contributed by atoms with E-state index in [2.05, 4.69) is 53.2 Å². The highest BCUT2D eigenvalue weighted by Crippen LogP contribution is 2.12. The first kappa shape index (κ1) is 68.1. The number of guanidine groups is 1. The van der Waals surface area contributed by atoms with Crippen molar-refractivity contribution in [1.82, 2.24) is 53.2 Å². The number of ketones is 5. The molecule has 25 heteroatoms. The molecule has 0 aromatic rings. The number of carbonyl (C=O) groups is 9. The van der Waals surface area contributed by atoms with Gasteiger partial charge >= 0.3 is 0 Å². The molecule has 0 rings (SSSR count). The van der Waals surface area contributed by atoms with Crippen molar-refractivity contribution in [3.05, 3.63) is 0 Å². The van der Waals surface area contributed by atoms with Gasteiger partial charge in [-0.2, -0.15) is 0 Å². The summed E-state index contributed by atoms with van der Waals surface area (Å²) in [7, 11) is 1.51. The highest BCUT2D eigenvalue weighted by Gasteiger charge is 2.37. The van der Waals surface area contributed by atoms with E-state index in [9.17, 15) is 43.2 Å². The van der Waals surface area contributed by atoms with Crippen LogP contribution in [0.4, 0.5) is 0 Å². The van der Waals surface area contributed by atoms with Crippen molar-refractivity contribution in [2.45, 2.75) is 187 Å². The van der Waals surface area contributed by atoms with E-state index in [4.69, 9.17) is 34.1 Å². The largest absolute Gasteiger partial charge is 0.370 e. The fraction of sp³-hybridized carbons (Fsp3) is 0.792. The van der Waals surface area contributed by atoms with Crippen LogP contribution >= 0.6 is 0 Å². The molecule has 73 heavy (non-hydrogen) atoms. The summed E-state index contributed by atoms with van der Waals surface area (Å²) in [6, 6.07) is -3.46. The van der Waals surface area contributed by atoms with Crippen molar-refractivity contribution in [3.63, 3.8) is 0 Å². The number of carbonyl (C=O) groups excluding carboxylic acids is 9. The third-order valence-electron chi connectivity index (χ3n) is 11.7. The number of rotatable bonds is 44. The lowest BCUT2D eigenvalue weighted by Crippen LogP contribution is -2.67. The minimum Gasteiger partial charge on any atom is -0.370 e. The molecular weight excluding hydrogens is 945 g/mol. The van der Waals surface area contributed by atoms with E-state index in [0.29, 0.717) is 57.9 Å². The number of likely N-dealkylation sites (N-methyl/N-ethyl adjacent to an activating group) is 1. The SMILES string of the molecule is CNC(NC(=O)C(CCCNC(=N)N)NC(NC(NC(=O)C(CCCCN)NC(NC(NC(=O)C(NC(C)=O)C(C)C)C(=O)C(C)C)C(=O)C(C)C)C(=O)CCCCN)C(=O)CCCCN)C(=O)CCCCN. The smallest absolute Gasteiger partial charge is 0.244 e. The van der Waals surface area contributed by atoms with Crippen LogP contribution in [0.1, 0.15) is 138 Å². The molecule has 0 aromatic carbocycles. The van der Waals surface area contributed by atoms with Gasteiger partial charge in [-0.15, -0.1) is 0 Å². The highest BCUT2D eigenvalue weighted by molar-refractivity contribution is 5.95. The molecule has 0 heterocycles. The summed E-state index contributed by atoms with van der Waals surface area (Å²) in [5.41, 5.74) is 28.5. The van der Waals surface area contributed by atoms with Gasteiger partial charge in [0.1, 0.15) is 36.9 Å². The Balaban J connectivity index is 7.48. The van der Waals surface area contributed by atoms with Crippen LogP contribution in [0.2, 0.25) is 0 Å². The number of nitrogens with one attached hydrogen (secondary N) is 11. The molecule has 8 atom stereocenters. The predicted molar refractivity (Wildman–Crippen MR) is 280 cm³/mol. The van der Waals surface area contributed by atoms with Crippen molar-refractivity contribution in [3.8, 4) is 0 Å². The molecule has 21 N–H and O–H groups in total. The van der Waals surface area contributed by atoms with Crippen molar-refractivity contribution in [2.75, 3.05) is 39.8 Å². The van der Waals surface area contributed by atoms with Crippen molar-refractivity contribution in [2.24, 2.45) is 46.4 Å². The Hall–Kier alpha value is -4.86. The summed E-state index contributed by atoms with van der Waals surface area (Å²) in [6.07, 6.45) is -3.07. The van der Waals surface area contributed by atoms with E-state index in [1.54, 1.807) is 41.5 Å². The van der Waals surface area contributed by atoms with Gasteiger partial charge in [0.25, 0.3) is 0 Å². The summed E-state index contributed by atoms with van der Waals surface area (Å²) in [5, 5.41) is 35.8. The first-order chi connectivity index (χ1) is 34.5. The number of unbranched alkanes of at least 4 members (excludes halogenated alkanes) is 4. The number of hydrogen-bond donors (Lipinski definition) is 16. The zero-order valence-electron chi connectivity index (χ0n) is 44.8. The molecule has 0 bridgehead atoms. The van der Waals surface area contributed by atoms with Crippen LogP contribution in [0.25, 0.3) is 0 Å². The number of hydrogen-bond acceptors (Lipinski definition) is 19. The summed E-state index contributed by atoms with van der Waals surface area (Å²) >= 11 is 0. The Morgan fingerprint density at radius 3 is 1.30 bits per heavy atom. The van der Waals surface area contributed by atoms with Crippen molar-refractivity contribution < 1.29 is 43.2 Å². The lowest BCUT2D eigenvalue weighted by Gasteiger charge is -2.33. The van der Waals surface area contributed by atoms with Crippen LogP contribution in [-0.2, 0) is 43.2 Å². The van der Waals surface area contributed by atoms with Gasteiger partial charge in [0.05, 0.1) is 12.1 Å². The quantitative estimate of drug-likeness (QED) is 0.0129. The first-order valence-corrected chi connectivity index (χ1v) is 25.9. The van der Waals surface area contributed by atoms with Gasteiger partial charge in [-0.25, -0.2) is 0 Å². The lowest BCUT2D eigenvalue weighted by molar-refractivity contribution is -0.135. The van der Waals surface area contributed by atoms with Crippen LogP contribution in [0.3, 0.4) is 0 Å². The highest BCUT2D eigenvalue weighted by atomic mass is 16.2. The topological polar surface area (TPSA) is 428 Å². The second-order valence-corrected chi connectivity index (χ2v) is 19.2. The Morgan fingerprint density at radius 1 is 0.466 bits per heavy atom. The molecule has 8 unspecified atom stereocenters. The molecule has 0 saturated carbocycles. The average molecular weight is 1040 g/mol. The number of amides is 4. The molecule has 0 aromatic heterocycles. The van der Waals surface area contributed by atoms with Crippen molar-refractivity contribution >= 4 is 58.5 Å². The van der Waals surface area contributed by atoms with E-state index in [-0.39, 0.29) is 82.4 Å². The van der Waals surface area contributed by atoms with E-state index < -0.39 is 108 Å². The molecule has 0 fully saturated rings. The second-order valence-electron chi connectivity index (χ2n) is 19.2. The maximum Gasteiger partial charge on any atom is 0.244 e. The summed E-state index contributed by atoms with van der Waals surface area (Å²) in [5.74, 6) is -6.87. The van der Waals surface area contributed by atoms with Crippen LogP contribution < -0.4 is 81.8 Å². The predicted octanol–water partition coefficient (Wildman–Crippen LogP) is -2.62. The molecule has 4 amide bonds. The number of nitrogens with two attached hydrogens (primary N) is 5. The fourth-order valence-electron chi connectivity index (χ4n) is 7.41. The first-order valence-electron chi connectivity index (χ1n) is 25.9. The van der Waals surface area contributed by atoms with E-state index in [0.717, 1.165) is 0 Å². The number of Topliss-reactive ketones (excluding diaryl/α,β-unsaturated/α-hetero) is 5. The summed E-state index contributed by atoms with van der Waals surface area (Å²) < 4.78 is 0. The Labute approximate surface area is 432 Å². The van der Waals surface area contributed by atoms with Gasteiger partial charge in [-0.3, -0.25) is 75.1 Å². The van der Waals surface area contributed by atoms with Gasteiger partial charge in [0.15, 0.2) is 34.9 Å². The van der Waals surface area contributed by atoms with Crippen LogP contribution in [0.5, 0.6) is 0 Å². The standard InChI is InChI=1S/C48H94N16O9/c1-28(2)37(57-31(7)65)47(73)64-44(39(70)30(5)6)61-43(38(69)29(3)4)59-32(18-9-13-23-49)46(72)63-42(36(68)22-12-16-26-52)60-41(35(67)21-11-15-25-51)58-33(19-17-27-56-48(53)54)45(71)62-40(55-8)34(66)20-10-14-24-50/h28-30,32-33,37,40-44,55,58-61H,9-27,49-52H2,1-8H3,(H,57,65)(H,62,71)(H,63,72)(H,64,73)(H4,53,54,56). The minimum absolute atomic E-state index is 0.0492. The van der Waals surface area contributed by atoms with E-state index in [1.165, 1.54) is 14.0 Å². The molecule has 0 aliphatic carbocycles. The normalized spacial score (nSPS) is 14.8. The van der Waals surface area contributed by atoms with Crippen LogP contribution in [0.15, 0.2) is 0 Å². The van der Waals surface area contributed by atoms with Crippen LogP contribution in [-0.4, -0.2) is 147 Å². The van der Waals surface area contributed by atoms with E-state index >= 15 is 0 Å². The van der Waals surface area contributed by atoms with Crippen molar-refractivity contribution in [1.29, 1.82) is 5.41 Å². The Kier molecular flexibility index (Phi) is 36.1. The summed E-state index contributed by atoms with van der Waals surface area (Å²) in [4.78, 5) is 124. The average Bonchev–Trinajstić information content (AvgIpc) is 3.33. The molecule has 25 nitrogen and oxygen atoms in total. The van der Waals surface area contributed by atoms with Gasteiger partial charge in [-0.1, -0.05) is 48.0 Å². The molecule has 0 saturated heterocycles. The van der Waals surface area contributed by atoms with E-state index in [1.807, 2.05) is 0 Å².